The van der Waals surface area contributed by atoms with E-state index in [9.17, 15) is 13.6 Å². The minimum atomic E-state index is -0.866. The molecule has 8 nitrogen and oxygen atoms in total. The minimum absolute atomic E-state index is 0.0252. The number of nitrogens with zero attached hydrogens (tertiary/aromatic N) is 4. The van der Waals surface area contributed by atoms with Gasteiger partial charge in [0.25, 0.3) is 5.91 Å². The van der Waals surface area contributed by atoms with Crippen LogP contribution in [-0.2, 0) is 6.42 Å². The summed E-state index contributed by atoms with van der Waals surface area (Å²) in [4.78, 5) is 29.6. The van der Waals surface area contributed by atoms with E-state index in [0.29, 0.717) is 18.7 Å². The zero-order valence-corrected chi connectivity index (χ0v) is 13.6. The largest absolute Gasteiger partial charge is 0.438 e. The molecule has 5 rings (SSSR count). The summed E-state index contributed by atoms with van der Waals surface area (Å²) in [6.45, 7) is 0.328. The van der Waals surface area contributed by atoms with Gasteiger partial charge in [0, 0.05) is 30.8 Å². The molecule has 0 spiro atoms. The van der Waals surface area contributed by atoms with Crippen molar-refractivity contribution >= 4 is 17.0 Å². The van der Waals surface area contributed by atoms with Crippen molar-refractivity contribution in [3.05, 3.63) is 65.7 Å². The van der Waals surface area contributed by atoms with Gasteiger partial charge in [-0.15, -0.1) is 0 Å². The third-order valence-electron chi connectivity index (χ3n) is 4.49. The van der Waals surface area contributed by atoms with Gasteiger partial charge in [-0.2, -0.15) is 0 Å². The van der Waals surface area contributed by atoms with Gasteiger partial charge in [0.05, 0.1) is 18.2 Å². The Balaban J connectivity index is 1.66. The first-order chi connectivity index (χ1) is 13.1. The fourth-order valence-corrected chi connectivity index (χ4v) is 3.30. The predicted molar refractivity (Wildman–Crippen MR) is 85.6 cm³/mol. The molecule has 0 radical (unpaired) electrons. The Hall–Kier alpha value is -3.56. The number of oxazole rings is 2. The molecule has 0 saturated heterocycles. The molecular weight excluding hydrogens is 360 g/mol. The molecule has 1 N–H and O–H groups in total. The number of H-pyrrole nitrogens is 1. The number of hydrogen-bond donors (Lipinski definition) is 1. The minimum Gasteiger partial charge on any atom is -0.438 e. The van der Waals surface area contributed by atoms with Gasteiger partial charge in [-0.25, -0.2) is 23.7 Å². The summed E-state index contributed by atoms with van der Waals surface area (Å²) in [7, 11) is 0. The summed E-state index contributed by atoms with van der Waals surface area (Å²) in [6, 6.07) is 0.977. The van der Waals surface area contributed by atoms with Gasteiger partial charge in [-0.05, 0) is 0 Å². The number of benzene rings is 1. The Morgan fingerprint density at radius 1 is 1.33 bits per heavy atom. The highest BCUT2D eigenvalue weighted by molar-refractivity contribution is 5.91. The summed E-state index contributed by atoms with van der Waals surface area (Å²) in [6.07, 6.45) is 4.50. The molecule has 136 valence electrons. The number of aromatic amines is 1. The number of imidazole rings is 1. The third kappa shape index (κ3) is 2.40. The van der Waals surface area contributed by atoms with Gasteiger partial charge in [-0.3, -0.25) is 4.79 Å². The van der Waals surface area contributed by atoms with Crippen molar-refractivity contribution in [2.45, 2.75) is 12.5 Å². The van der Waals surface area contributed by atoms with Crippen molar-refractivity contribution in [3.8, 4) is 0 Å². The zero-order chi connectivity index (χ0) is 18.5. The van der Waals surface area contributed by atoms with E-state index in [1.807, 2.05) is 0 Å². The number of nitrogens with one attached hydrogen (secondary N) is 1. The van der Waals surface area contributed by atoms with E-state index in [2.05, 4.69) is 19.9 Å². The van der Waals surface area contributed by atoms with Crippen LogP contribution in [0.3, 0.4) is 0 Å². The average molecular weight is 371 g/mol. The Bertz CT molecular complexity index is 1150. The Morgan fingerprint density at radius 3 is 3.04 bits per heavy atom. The van der Waals surface area contributed by atoms with Gasteiger partial charge in [0.15, 0.2) is 23.8 Å². The van der Waals surface area contributed by atoms with Crippen LogP contribution in [0.25, 0.3) is 11.1 Å². The lowest BCUT2D eigenvalue weighted by Gasteiger charge is -2.32. The van der Waals surface area contributed by atoms with E-state index >= 15 is 0 Å². The predicted octanol–water partition coefficient (Wildman–Crippen LogP) is 2.61. The lowest BCUT2D eigenvalue weighted by molar-refractivity contribution is 0.0635. The van der Waals surface area contributed by atoms with Gasteiger partial charge in [0.2, 0.25) is 11.7 Å². The second-order valence-electron chi connectivity index (χ2n) is 6.07. The van der Waals surface area contributed by atoms with Crippen LogP contribution in [-0.4, -0.2) is 37.3 Å². The second kappa shape index (κ2) is 5.73. The quantitative estimate of drug-likeness (QED) is 0.581. The highest BCUT2D eigenvalue weighted by Crippen LogP contribution is 2.36. The highest BCUT2D eigenvalue weighted by Gasteiger charge is 2.39. The van der Waals surface area contributed by atoms with E-state index in [1.54, 1.807) is 0 Å². The fourth-order valence-electron chi connectivity index (χ4n) is 3.30. The standard InChI is InChI=1S/C17H11F2N5O3/c18-8-3-9(19)15-11(4-8)23-16(27-15)14-13-10(21-6-22-13)1-2-24(14)17(25)12-5-20-7-26-12/h3-7,14H,1-2H2,(H,21,22)/t14-/m0/s1. The molecule has 0 bridgehead atoms. The number of fused-ring (bicyclic) bond motifs is 2. The summed E-state index contributed by atoms with van der Waals surface area (Å²) < 4.78 is 38.2. The molecular formula is C17H11F2N5O3. The lowest BCUT2D eigenvalue weighted by atomic mass is 10.0. The second-order valence-corrected chi connectivity index (χ2v) is 6.07. The maximum atomic E-state index is 14.0. The molecule has 4 heterocycles. The van der Waals surface area contributed by atoms with Crippen LogP contribution < -0.4 is 0 Å². The van der Waals surface area contributed by atoms with Crippen molar-refractivity contribution in [2.24, 2.45) is 0 Å². The Morgan fingerprint density at radius 2 is 2.22 bits per heavy atom. The normalized spacial score (nSPS) is 16.7. The monoisotopic (exact) mass is 371 g/mol. The number of amides is 1. The van der Waals surface area contributed by atoms with Gasteiger partial charge in [0.1, 0.15) is 11.3 Å². The molecule has 1 amide bonds. The van der Waals surface area contributed by atoms with Crippen molar-refractivity contribution in [3.63, 3.8) is 0 Å². The molecule has 1 aliphatic rings. The first-order valence-corrected chi connectivity index (χ1v) is 8.09. The van der Waals surface area contributed by atoms with Crippen LogP contribution >= 0.6 is 0 Å². The molecule has 0 unspecified atom stereocenters. The lowest BCUT2D eigenvalue weighted by Crippen LogP contribution is -2.40. The van der Waals surface area contributed by atoms with Crippen molar-refractivity contribution in [1.82, 2.24) is 24.8 Å². The summed E-state index contributed by atoms with van der Waals surface area (Å²) in [5.74, 6) is -1.98. The van der Waals surface area contributed by atoms with Crippen LogP contribution in [0.5, 0.6) is 0 Å². The Labute approximate surface area is 149 Å². The number of hydrogen-bond acceptors (Lipinski definition) is 6. The molecule has 1 atom stereocenters. The summed E-state index contributed by atoms with van der Waals surface area (Å²) in [5, 5.41) is 0. The average Bonchev–Trinajstić information content (AvgIpc) is 3.39. The van der Waals surface area contributed by atoms with E-state index in [-0.39, 0.29) is 22.8 Å². The van der Waals surface area contributed by atoms with E-state index in [4.69, 9.17) is 8.83 Å². The first-order valence-electron chi connectivity index (χ1n) is 8.09. The number of aromatic nitrogens is 4. The number of carbonyl (C=O) groups excluding carboxylic acids is 1. The molecule has 27 heavy (non-hydrogen) atoms. The maximum absolute atomic E-state index is 14.0. The van der Waals surface area contributed by atoms with E-state index < -0.39 is 23.6 Å². The maximum Gasteiger partial charge on any atom is 0.292 e. The number of carbonyl (C=O) groups is 1. The van der Waals surface area contributed by atoms with Crippen LogP contribution in [0.4, 0.5) is 8.78 Å². The van der Waals surface area contributed by atoms with Crippen molar-refractivity contribution in [1.29, 1.82) is 0 Å². The molecule has 4 aromatic rings. The fraction of sp³-hybridized carbons (Fsp3) is 0.176. The van der Waals surface area contributed by atoms with Crippen LogP contribution in [0.2, 0.25) is 0 Å². The van der Waals surface area contributed by atoms with Crippen molar-refractivity contribution < 1.29 is 22.4 Å². The molecule has 10 heteroatoms. The highest BCUT2D eigenvalue weighted by atomic mass is 19.1. The van der Waals surface area contributed by atoms with Crippen molar-refractivity contribution in [2.75, 3.05) is 6.54 Å². The molecule has 0 aliphatic carbocycles. The van der Waals surface area contributed by atoms with Crippen LogP contribution in [0.1, 0.15) is 33.9 Å². The van der Waals surface area contributed by atoms with Gasteiger partial charge < -0.3 is 18.7 Å². The van der Waals surface area contributed by atoms with E-state index in [0.717, 1.165) is 24.2 Å². The van der Waals surface area contributed by atoms with Crippen LogP contribution in [0.15, 0.2) is 39.9 Å². The van der Waals surface area contributed by atoms with E-state index in [1.165, 1.54) is 17.4 Å². The number of halogens is 2. The molecule has 1 aliphatic heterocycles. The third-order valence-corrected chi connectivity index (χ3v) is 4.49. The molecule has 1 aromatic carbocycles. The first kappa shape index (κ1) is 15.7. The summed E-state index contributed by atoms with van der Waals surface area (Å²) >= 11 is 0. The topological polar surface area (TPSA) is 101 Å². The van der Waals surface area contributed by atoms with Gasteiger partial charge in [-0.1, -0.05) is 0 Å². The number of rotatable bonds is 2. The van der Waals surface area contributed by atoms with Gasteiger partial charge >= 0.3 is 0 Å². The molecule has 3 aromatic heterocycles. The Kier molecular flexibility index (Phi) is 3.33. The molecule has 0 saturated carbocycles. The smallest absolute Gasteiger partial charge is 0.292 e. The zero-order valence-electron chi connectivity index (χ0n) is 13.6. The molecule has 0 fully saturated rings. The van der Waals surface area contributed by atoms with Crippen LogP contribution in [0, 0.1) is 11.6 Å². The SMILES string of the molecule is O=C(c1cnco1)N1CCc2[nH]cnc2[C@H]1c1nc2cc(F)cc(F)c2o1. The summed E-state index contributed by atoms with van der Waals surface area (Å²) in [5.41, 5.74) is 1.19.